The van der Waals surface area contributed by atoms with Crippen molar-refractivity contribution in [2.45, 2.75) is 0 Å². The summed E-state index contributed by atoms with van der Waals surface area (Å²) >= 11 is 0. The zero-order valence-electron chi connectivity index (χ0n) is 19.9. The lowest BCUT2D eigenvalue weighted by Gasteiger charge is -2.34. The lowest BCUT2D eigenvalue weighted by molar-refractivity contribution is 0.0671. The van der Waals surface area contributed by atoms with Gasteiger partial charge in [0.15, 0.2) is 0 Å². The normalized spacial score (nSPS) is 13.5. The van der Waals surface area contributed by atoms with E-state index in [9.17, 15) is 18.0 Å². The molecule has 1 N–H and O–H groups in total. The Morgan fingerprint density at radius 1 is 0.784 bits per heavy atom. The summed E-state index contributed by atoms with van der Waals surface area (Å²) in [5.74, 6) is -0.167. The van der Waals surface area contributed by atoms with Gasteiger partial charge in [-0.1, -0.05) is 36.4 Å². The molecule has 5 rings (SSSR count). The lowest BCUT2D eigenvalue weighted by atomic mass is 10.1. The van der Waals surface area contributed by atoms with Crippen LogP contribution in [0.5, 0.6) is 0 Å². The van der Waals surface area contributed by atoms with Gasteiger partial charge in [-0.05, 0) is 48.5 Å². The zero-order valence-corrected chi connectivity index (χ0v) is 20.8. The van der Waals surface area contributed by atoms with Gasteiger partial charge >= 0.3 is 6.03 Å². The summed E-state index contributed by atoms with van der Waals surface area (Å²) in [6, 6.07) is 24.5. The molecule has 37 heavy (non-hydrogen) atoms. The monoisotopic (exact) mass is 515 g/mol. The minimum atomic E-state index is -3.00. The number of thiol groups is 1. The quantitative estimate of drug-likeness (QED) is 0.393. The van der Waals surface area contributed by atoms with Crippen LogP contribution in [0.3, 0.4) is 0 Å². The first-order chi connectivity index (χ1) is 18.0. The fraction of sp³-hybridized carbons (Fsp3) is 0.148. The molecule has 0 bridgehead atoms. The smallest absolute Gasteiger partial charge is 0.321 e. The van der Waals surface area contributed by atoms with Crippen LogP contribution in [-0.2, 0) is 10.9 Å². The van der Waals surface area contributed by atoms with E-state index in [4.69, 9.17) is 0 Å². The molecule has 0 unspecified atom stereocenters. The summed E-state index contributed by atoms with van der Waals surface area (Å²) in [6.45, 7) is 1.65. The van der Waals surface area contributed by atoms with Crippen molar-refractivity contribution in [1.29, 1.82) is 0 Å². The second-order valence-corrected chi connectivity index (χ2v) is 9.40. The van der Waals surface area contributed by atoms with Crippen molar-refractivity contribution < 1.29 is 18.0 Å². The van der Waals surface area contributed by atoms with Gasteiger partial charge in [0, 0.05) is 49.0 Å². The van der Waals surface area contributed by atoms with Gasteiger partial charge in [-0.15, -0.1) is 0 Å². The Balaban J connectivity index is 1.27. The molecule has 0 saturated carbocycles. The molecule has 3 amide bonds. The largest absolute Gasteiger partial charge is 0.335 e. The van der Waals surface area contributed by atoms with E-state index in [1.165, 1.54) is 4.31 Å². The molecule has 0 atom stereocenters. The molecule has 2 heterocycles. The SMILES string of the molecule is O=C(Nc1ccccc1)N1CCN(C(=O)c2ccc(N(c3cccc4cccnc34)[SH](=O)=O)cc2)CC1. The molecule has 0 spiro atoms. The van der Waals surface area contributed by atoms with Crippen molar-refractivity contribution in [1.82, 2.24) is 14.8 Å². The molecular formula is C27H25N5O4S. The molecule has 1 aromatic heterocycles. The standard InChI is InChI=1S/C27H25N5O4S/c33-26(30-16-18-31(19-17-30)27(34)29-22-8-2-1-3-9-22)21-11-13-23(14-12-21)32(37(35)36)24-10-4-6-20-7-5-15-28-25(20)24/h1-15,37H,16-19H2,(H,29,34). The molecule has 1 saturated heterocycles. The van der Waals surface area contributed by atoms with Crippen LogP contribution < -0.4 is 9.62 Å². The van der Waals surface area contributed by atoms with E-state index in [-0.39, 0.29) is 11.9 Å². The maximum Gasteiger partial charge on any atom is 0.321 e. The predicted molar refractivity (Wildman–Crippen MR) is 144 cm³/mol. The molecule has 3 aromatic carbocycles. The molecule has 1 fully saturated rings. The highest BCUT2D eigenvalue weighted by atomic mass is 32.2. The molecule has 4 aromatic rings. The van der Waals surface area contributed by atoms with E-state index < -0.39 is 10.9 Å². The van der Waals surface area contributed by atoms with Crippen molar-refractivity contribution in [2.75, 3.05) is 35.8 Å². The first-order valence-electron chi connectivity index (χ1n) is 11.8. The Kier molecular flexibility index (Phi) is 7.00. The van der Waals surface area contributed by atoms with Crippen LogP contribution in [0.15, 0.2) is 91.1 Å². The van der Waals surface area contributed by atoms with Crippen LogP contribution in [0, 0.1) is 0 Å². The summed E-state index contributed by atoms with van der Waals surface area (Å²) < 4.78 is 25.7. The number of hydrogen-bond donors (Lipinski definition) is 2. The fourth-order valence-electron chi connectivity index (χ4n) is 4.34. The average Bonchev–Trinajstić information content (AvgIpc) is 2.94. The van der Waals surface area contributed by atoms with Gasteiger partial charge in [0.25, 0.3) is 5.91 Å². The van der Waals surface area contributed by atoms with E-state index in [1.807, 2.05) is 42.5 Å². The van der Waals surface area contributed by atoms with Crippen LogP contribution in [0.2, 0.25) is 0 Å². The number of nitrogens with zero attached hydrogens (tertiary/aromatic N) is 4. The van der Waals surface area contributed by atoms with Gasteiger partial charge in [-0.3, -0.25) is 9.78 Å². The van der Waals surface area contributed by atoms with Gasteiger partial charge in [0.2, 0.25) is 10.9 Å². The van der Waals surface area contributed by atoms with Crippen molar-refractivity contribution in [2.24, 2.45) is 0 Å². The summed E-state index contributed by atoms with van der Waals surface area (Å²) in [6.07, 6.45) is 1.62. The van der Waals surface area contributed by atoms with Crippen molar-refractivity contribution >= 4 is 50.8 Å². The number of fused-ring (bicyclic) bond motifs is 1. The maximum atomic E-state index is 13.1. The fourth-order valence-corrected chi connectivity index (χ4v) is 5.00. The highest BCUT2D eigenvalue weighted by Gasteiger charge is 2.25. The van der Waals surface area contributed by atoms with Crippen molar-refractivity contribution in [3.63, 3.8) is 0 Å². The van der Waals surface area contributed by atoms with Gasteiger partial charge in [-0.2, -0.15) is 0 Å². The van der Waals surface area contributed by atoms with Crippen molar-refractivity contribution in [3.05, 3.63) is 96.7 Å². The maximum absolute atomic E-state index is 13.1. The van der Waals surface area contributed by atoms with E-state index >= 15 is 0 Å². The number of rotatable bonds is 5. The number of anilines is 3. The molecule has 10 heteroatoms. The number of benzene rings is 3. The van der Waals surface area contributed by atoms with Gasteiger partial charge in [-0.25, -0.2) is 17.5 Å². The summed E-state index contributed by atoms with van der Waals surface area (Å²) in [4.78, 5) is 33.3. The Labute approximate surface area is 216 Å². The third kappa shape index (κ3) is 5.24. The second kappa shape index (κ2) is 10.7. The molecule has 9 nitrogen and oxygen atoms in total. The van der Waals surface area contributed by atoms with Gasteiger partial charge < -0.3 is 15.1 Å². The van der Waals surface area contributed by atoms with E-state index in [2.05, 4.69) is 10.3 Å². The summed E-state index contributed by atoms with van der Waals surface area (Å²) in [5.41, 5.74) is 2.59. The van der Waals surface area contributed by atoms with E-state index in [0.717, 1.165) is 11.1 Å². The Hall–Kier alpha value is -4.44. The third-order valence-electron chi connectivity index (χ3n) is 6.24. The number of carbonyl (C=O) groups excluding carboxylic acids is 2. The molecular weight excluding hydrogens is 490 g/mol. The van der Waals surface area contributed by atoms with E-state index in [0.29, 0.717) is 48.6 Å². The zero-order chi connectivity index (χ0) is 25.8. The van der Waals surface area contributed by atoms with Crippen LogP contribution in [-0.4, -0.2) is 61.3 Å². The van der Waals surface area contributed by atoms with Crippen molar-refractivity contribution in [3.8, 4) is 0 Å². The highest BCUT2D eigenvalue weighted by Crippen LogP contribution is 2.31. The van der Waals surface area contributed by atoms with E-state index in [1.54, 1.807) is 58.5 Å². The minimum absolute atomic E-state index is 0.167. The van der Waals surface area contributed by atoms with Crippen LogP contribution in [0.4, 0.5) is 21.9 Å². The number of pyridine rings is 1. The average molecular weight is 516 g/mol. The molecule has 1 aliphatic heterocycles. The molecule has 188 valence electrons. The third-order valence-corrected chi connectivity index (χ3v) is 7.01. The van der Waals surface area contributed by atoms with Gasteiger partial charge in [0.05, 0.1) is 16.9 Å². The molecule has 1 aliphatic rings. The first kappa shape index (κ1) is 24.3. The number of para-hydroxylation sites is 2. The number of aromatic nitrogens is 1. The summed E-state index contributed by atoms with van der Waals surface area (Å²) in [5, 5.41) is 3.69. The number of nitrogens with one attached hydrogen (secondary N) is 1. The topological polar surface area (TPSA) is 103 Å². The number of carbonyl (C=O) groups is 2. The molecule has 0 radical (unpaired) electrons. The minimum Gasteiger partial charge on any atom is -0.335 e. The Morgan fingerprint density at radius 2 is 1.46 bits per heavy atom. The highest BCUT2D eigenvalue weighted by molar-refractivity contribution is 7.74. The Bertz CT molecular complexity index is 1490. The second-order valence-electron chi connectivity index (χ2n) is 8.52. The van der Waals surface area contributed by atoms with Crippen LogP contribution >= 0.6 is 0 Å². The number of piperazine rings is 1. The van der Waals surface area contributed by atoms with Crippen LogP contribution in [0.1, 0.15) is 10.4 Å². The van der Waals surface area contributed by atoms with Gasteiger partial charge in [0.1, 0.15) is 0 Å². The first-order valence-corrected chi connectivity index (χ1v) is 12.9. The Morgan fingerprint density at radius 3 is 2.16 bits per heavy atom. The van der Waals surface area contributed by atoms with Crippen LogP contribution in [0.25, 0.3) is 10.9 Å². The molecule has 0 aliphatic carbocycles. The predicted octanol–water partition coefficient (Wildman–Crippen LogP) is 3.89. The number of amides is 3. The lowest BCUT2D eigenvalue weighted by Crippen LogP contribution is -2.51. The summed E-state index contributed by atoms with van der Waals surface area (Å²) in [7, 11) is -3.00. The number of urea groups is 1. The number of hydrogen-bond acceptors (Lipinski definition) is 5.